The van der Waals surface area contributed by atoms with Crippen LogP contribution in [0.5, 0.6) is 0 Å². The van der Waals surface area contributed by atoms with Crippen molar-refractivity contribution < 1.29 is 9.90 Å². The quantitative estimate of drug-likeness (QED) is 0.861. The Morgan fingerprint density at radius 3 is 2.07 bits per heavy atom. The predicted molar refractivity (Wildman–Crippen MR) is 62.5 cm³/mol. The zero-order chi connectivity index (χ0) is 11.7. The Bertz CT molecular complexity index is 253. The van der Waals surface area contributed by atoms with Crippen LogP contribution in [0, 0.1) is 0 Å². The second-order valence-electron chi connectivity index (χ2n) is 2.79. The Morgan fingerprint density at radius 1 is 1.40 bits per heavy atom. The van der Waals surface area contributed by atoms with Gasteiger partial charge in [-0.2, -0.15) is 0 Å². The molecule has 0 amide bonds. The molecular formula is C10H18N2O2S. The lowest BCUT2D eigenvalue weighted by molar-refractivity contribution is 0.0702. The van der Waals surface area contributed by atoms with Crippen molar-refractivity contribution in [1.29, 1.82) is 0 Å². The van der Waals surface area contributed by atoms with E-state index in [9.17, 15) is 4.79 Å². The predicted octanol–water partition coefficient (Wildman–Crippen LogP) is 2.19. The third-order valence-corrected chi connectivity index (χ3v) is 2.75. The summed E-state index contributed by atoms with van der Waals surface area (Å²) in [4.78, 5) is 16.3. The number of carboxylic acids is 1. The summed E-state index contributed by atoms with van der Waals surface area (Å²) in [5.41, 5.74) is 1.49. The summed E-state index contributed by atoms with van der Waals surface area (Å²) >= 11 is 1.12. The van der Waals surface area contributed by atoms with Gasteiger partial charge >= 0.3 is 5.97 Å². The molecule has 0 saturated carbocycles. The first kappa shape index (κ1) is 14.1. The molecule has 86 valence electrons. The third-order valence-electron chi connectivity index (χ3n) is 1.98. The zero-order valence-corrected chi connectivity index (χ0v) is 10.3. The Morgan fingerprint density at radius 2 is 1.93 bits per heavy atom. The van der Waals surface area contributed by atoms with E-state index >= 15 is 0 Å². The number of rotatable bonds is 4. The standard InChI is InChI=1S/C6H15N.C4H3NO2S/c1-4-7(5-2)6-3;6-4(7)3-1-5-2-8-3/h4-6H2,1-3H3;1-2H,(H,6,7). The molecule has 0 bridgehead atoms. The highest BCUT2D eigenvalue weighted by Gasteiger charge is 2.00. The van der Waals surface area contributed by atoms with E-state index in [1.807, 2.05) is 0 Å². The molecule has 1 aromatic rings. The smallest absolute Gasteiger partial charge is 0.347 e. The van der Waals surface area contributed by atoms with E-state index in [2.05, 4.69) is 30.7 Å². The topological polar surface area (TPSA) is 53.4 Å². The Kier molecular flexibility index (Phi) is 7.85. The average Bonchev–Trinajstić information content (AvgIpc) is 2.74. The molecule has 1 rings (SSSR count). The normalized spacial score (nSPS) is 9.60. The van der Waals surface area contributed by atoms with Crippen LogP contribution in [0.25, 0.3) is 0 Å². The highest BCUT2D eigenvalue weighted by molar-refractivity contribution is 7.11. The van der Waals surface area contributed by atoms with Crippen molar-refractivity contribution >= 4 is 17.3 Å². The van der Waals surface area contributed by atoms with Crippen LogP contribution in [-0.2, 0) is 0 Å². The summed E-state index contributed by atoms with van der Waals surface area (Å²) in [5, 5.41) is 8.24. The molecule has 0 aromatic carbocycles. The van der Waals surface area contributed by atoms with Crippen molar-refractivity contribution in [1.82, 2.24) is 9.88 Å². The molecule has 0 aliphatic heterocycles. The molecule has 5 heteroatoms. The van der Waals surface area contributed by atoms with Gasteiger partial charge in [0.05, 0.1) is 11.7 Å². The number of hydrogen-bond acceptors (Lipinski definition) is 4. The number of carbonyl (C=O) groups is 1. The maximum atomic E-state index is 10.0. The van der Waals surface area contributed by atoms with Crippen LogP contribution in [0.2, 0.25) is 0 Å². The van der Waals surface area contributed by atoms with Gasteiger partial charge in [-0.25, -0.2) is 4.79 Å². The van der Waals surface area contributed by atoms with E-state index in [0.717, 1.165) is 11.3 Å². The van der Waals surface area contributed by atoms with Crippen LogP contribution in [0.3, 0.4) is 0 Å². The Labute approximate surface area is 94.6 Å². The largest absolute Gasteiger partial charge is 0.477 e. The van der Waals surface area contributed by atoms with Crippen LogP contribution in [-0.4, -0.2) is 40.6 Å². The molecule has 0 saturated heterocycles. The van der Waals surface area contributed by atoms with Gasteiger partial charge in [0, 0.05) is 0 Å². The molecule has 1 heterocycles. The zero-order valence-electron chi connectivity index (χ0n) is 9.43. The monoisotopic (exact) mass is 230 g/mol. The summed E-state index contributed by atoms with van der Waals surface area (Å²) in [6.07, 6.45) is 1.33. The van der Waals surface area contributed by atoms with Crippen molar-refractivity contribution in [3.8, 4) is 0 Å². The van der Waals surface area contributed by atoms with Crippen LogP contribution in [0.15, 0.2) is 11.7 Å². The summed E-state index contributed by atoms with van der Waals surface area (Å²) in [6.45, 7) is 10.1. The van der Waals surface area contributed by atoms with Crippen LogP contribution >= 0.6 is 11.3 Å². The van der Waals surface area contributed by atoms with Gasteiger partial charge in [-0.15, -0.1) is 11.3 Å². The Balaban J connectivity index is 0.000000265. The van der Waals surface area contributed by atoms with Crippen molar-refractivity contribution in [2.45, 2.75) is 20.8 Å². The fraction of sp³-hybridized carbons (Fsp3) is 0.600. The van der Waals surface area contributed by atoms with Gasteiger partial charge in [-0.1, -0.05) is 20.8 Å². The second kappa shape index (κ2) is 8.38. The van der Waals surface area contributed by atoms with Gasteiger partial charge in [0.25, 0.3) is 0 Å². The van der Waals surface area contributed by atoms with Gasteiger partial charge < -0.3 is 10.0 Å². The summed E-state index contributed by atoms with van der Waals surface area (Å²) in [6, 6.07) is 0. The van der Waals surface area contributed by atoms with E-state index in [1.54, 1.807) is 0 Å². The van der Waals surface area contributed by atoms with Crippen molar-refractivity contribution in [2.24, 2.45) is 0 Å². The summed E-state index contributed by atoms with van der Waals surface area (Å²) in [7, 11) is 0. The molecular weight excluding hydrogens is 212 g/mol. The van der Waals surface area contributed by atoms with E-state index in [4.69, 9.17) is 5.11 Å². The SMILES string of the molecule is CCN(CC)CC.O=C(O)c1cncs1. The minimum Gasteiger partial charge on any atom is -0.477 e. The minimum absolute atomic E-state index is 0.282. The number of thiazole rings is 1. The lowest BCUT2D eigenvalue weighted by atomic mass is 10.5. The first-order valence-corrected chi connectivity index (χ1v) is 5.87. The molecule has 4 nitrogen and oxygen atoms in total. The fourth-order valence-electron chi connectivity index (χ4n) is 0.992. The molecule has 0 fully saturated rings. The van der Waals surface area contributed by atoms with Crippen molar-refractivity contribution in [2.75, 3.05) is 19.6 Å². The second-order valence-corrected chi connectivity index (χ2v) is 3.68. The molecule has 0 aliphatic rings. The van der Waals surface area contributed by atoms with Crippen molar-refractivity contribution in [3.63, 3.8) is 0 Å². The fourth-order valence-corrected chi connectivity index (χ4v) is 1.45. The highest BCUT2D eigenvalue weighted by Crippen LogP contribution is 2.03. The summed E-state index contributed by atoms with van der Waals surface area (Å²) < 4.78 is 0. The van der Waals surface area contributed by atoms with Crippen LogP contribution in [0.4, 0.5) is 0 Å². The van der Waals surface area contributed by atoms with E-state index in [-0.39, 0.29) is 4.88 Å². The van der Waals surface area contributed by atoms with Gasteiger partial charge in [-0.3, -0.25) is 4.98 Å². The summed E-state index contributed by atoms with van der Waals surface area (Å²) in [5.74, 6) is -0.910. The van der Waals surface area contributed by atoms with Crippen LogP contribution < -0.4 is 0 Å². The molecule has 1 aromatic heterocycles. The molecule has 15 heavy (non-hydrogen) atoms. The maximum absolute atomic E-state index is 10.0. The van der Waals surface area contributed by atoms with Gasteiger partial charge in [0.1, 0.15) is 4.88 Å². The molecule has 0 atom stereocenters. The lowest BCUT2D eigenvalue weighted by Gasteiger charge is -2.13. The number of carboxylic acid groups (broad SMARTS) is 1. The first-order valence-electron chi connectivity index (χ1n) is 4.99. The van der Waals surface area contributed by atoms with E-state index in [0.29, 0.717) is 0 Å². The highest BCUT2D eigenvalue weighted by atomic mass is 32.1. The number of aromatic carboxylic acids is 1. The number of aromatic nitrogens is 1. The van der Waals surface area contributed by atoms with Gasteiger partial charge in [-0.05, 0) is 19.6 Å². The molecule has 0 aliphatic carbocycles. The number of nitrogens with zero attached hydrogens (tertiary/aromatic N) is 2. The van der Waals surface area contributed by atoms with E-state index in [1.165, 1.54) is 31.3 Å². The first-order chi connectivity index (χ1) is 7.15. The lowest BCUT2D eigenvalue weighted by Crippen LogP contribution is -2.21. The van der Waals surface area contributed by atoms with Crippen molar-refractivity contribution in [3.05, 3.63) is 16.6 Å². The third kappa shape index (κ3) is 6.19. The molecule has 0 unspecified atom stereocenters. The molecule has 1 N–H and O–H groups in total. The van der Waals surface area contributed by atoms with Gasteiger partial charge in [0.15, 0.2) is 0 Å². The molecule has 0 spiro atoms. The van der Waals surface area contributed by atoms with Crippen LogP contribution in [0.1, 0.15) is 30.4 Å². The molecule has 0 radical (unpaired) electrons. The number of hydrogen-bond donors (Lipinski definition) is 1. The minimum atomic E-state index is -0.910. The Hall–Kier alpha value is -0.940. The maximum Gasteiger partial charge on any atom is 0.347 e. The van der Waals surface area contributed by atoms with Gasteiger partial charge in [0.2, 0.25) is 0 Å². The van der Waals surface area contributed by atoms with E-state index < -0.39 is 5.97 Å². The average molecular weight is 230 g/mol.